The fourth-order valence-corrected chi connectivity index (χ4v) is 2.04. The zero-order valence-electron chi connectivity index (χ0n) is 11.3. The number of anilines is 1. The maximum Gasteiger partial charge on any atom is 0.271 e. The minimum atomic E-state index is -0.371. The Kier molecular flexibility index (Phi) is 4.88. The molecule has 9 heteroatoms. The molecule has 1 aromatic carbocycles. The van der Waals surface area contributed by atoms with Crippen molar-refractivity contribution in [1.29, 1.82) is 0 Å². The maximum atomic E-state index is 11.1. The number of H-pyrrole nitrogens is 1. The SMILES string of the molecule is COc1cc(Br)cc(/C=N/Nc2nncc(=O)[nH]2)c1OC. The Labute approximate surface area is 128 Å². The summed E-state index contributed by atoms with van der Waals surface area (Å²) in [5.41, 5.74) is 2.88. The number of rotatable bonds is 5. The summed E-state index contributed by atoms with van der Waals surface area (Å²) in [6.45, 7) is 0. The van der Waals surface area contributed by atoms with Gasteiger partial charge in [-0.25, -0.2) is 5.43 Å². The molecular formula is C12H12BrN5O3. The van der Waals surface area contributed by atoms with Gasteiger partial charge in [0.25, 0.3) is 5.56 Å². The molecular weight excluding hydrogens is 342 g/mol. The number of methoxy groups -OCH3 is 2. The number of halogens is 1. The number of benzene rings is 1. The highest BCUT2D eigenvalue weighted by atomic mass is 79.9. The Morgan fingerprint density at radius 3 is 2.86 bits per heavy atom. The molecule has 0 aliphatic heterocycles. The van der Waals surface area contributed by atoms with Crippen LogP contribution in [-0.2, 0) is 0 Å². The zero-order valence-corrected chi connectivity index (χ0v) is 12.8. The van der Waals surface area contributed by atoms with E-state index in [1.807, 2.05) is 6.07 Å². The summed E-state index contributed by atoms with van der Waals surface area (Å²) >= 11 is 3.38. The van der Waals surface area contributed by atoms with Crippen molar-refractivity contribution in [2.45, 2.75) is 0 Å². The lowest BCUT2D eigenvalue weighted by molar-refractivity contribution is 0.354. The molecule has 0 radical (unpaired) electrons. The van der Waals surface area contributed by atoms with E-state index >= 15 is 0 Å². The van der Waals surface area contributed by atoms with Crippen molar-refractivity contribution < 1.29 is 9.47 Å². The molecule has 2 rings (SSSR count). The standard InChI is InChI=1S/C12H12BrN5O3/c1-20-9-4-8(13)3-7(11(9)21-2)5-14-17-12-16-10(19)6-15-18-12/h3-6H,1-2H3,(H2,16,17,18,19)/b14-5+. The summed E-state index contributed by atoms with van der Waals surface area (Å²) in [4.78, 5) is 13.5. The van der Waals surface area contributed by atoms with Gasteiger partial charge in [0.2, 0.25) is 5.95 Å². The van der Waals surface area contributed by atoms with Crippen molar-refractivity contribution in [3.8, 4) is 11.5 Å². The van der Waals surface area contributed by atoms with Crippen molar-refractivity contribution >= 4 is 28.1 Å². The first-order chi connectivity index (χ1) is 10.1. The van der Waals surface area contributed by atoms with Crippen LogP contribution in [0.5, 0.6) is 11.5 Å². The summed E-state index contributed by atoms with van der Waals surface area (Å²) < 4.78 is 11.3. The summed E-state index contributed by atoms with van der Waals surface area (Å²) in [7, 11) is 3.09. The van der Waals surface area contributed by atoms with Crippen LogP contribution in [0.4, 0.5) is 5.95 Å². The smallest absolute Gasteiger partial charge is 0.271 e. The quantitative estimate of drug-likeness (QED) is 0.622. The molecule has 21 heavy (non-hydrogen) atoms. The Hall–Kier alpha value is -2.42. The highest BCUT2D eigenvalue weighted by molar-refractivity contribution is 9.10. The molecule has 2 N–H and O–H groups in total. The van der Waals surface area contributed by atoms with Gasteiger partial charge < -0.3 is 9.47 Å². The van der Waals surface area contributed by atoms with Crippen LogP contribution in [0.1, 0.15) is 5.56 Å². The number of aromatic amines is 1. The van der Waals surface area contributed by atoms with E-state index in [2.05, 4.69) is 41.6 Å². The minimum absolute atomic E-state index is 0.139. The van der Waals surface area contributed by atoms with Crippen LogP contribution in [0.25, 0.3) is 0 Å². The molecule has 0 fully saturated rings. The first kappa shape index (κ1) is 15.0. The fourth-order valence-electron chi connectivity index (χ4n) is 1.58. The van der Waals surface area contributed by atoms with Gasteiger partial charge in [-0.1, -0.05) is 15.9 Å². The molecule has 2 aromatic rings. The number of hydrogen-bond donors (Lipinski definition) is 2. The van der Waals surface area contributed by atoms with E-state index in [1.165, 1.54) is 13.3 Å². The summed E-state index contributed by atoms with van der Waals surface area (Å²) in [6.07, 6.45) is 2.58. The predicted molar refractivity (Wildman–Crippen MR) is 81.1 cm³/mol. The summed E-state index contributed by atoms with van der Waals surface area (Å²) in [5, 5.41) is 11.1. The number of hydrogen-bond acceptors (Lipinski definition) is 7. The second-order valence-electron chi connectivity index (χ2n) is 3.78. The first-order valence-electron chi connectivity index (χ1n) is 5.76. The molecule has 0 saturated carbocycles. The summed E-state index contributed by atoms with van der Waals surface area (Å²) in [5.74, 6) is 1.25. The van der Waals surface area contributed by atoms with Crippen LogP contribution >= 0.6 is 15.9 Å². The van der Waals surface area contributed by atoms with E-state index in [1.54, 1.807) is 13.2 Å². The van der Waals surface area contributed by atoms with Crippen LogP contribution in [0.15, 0.2) is 32.7 Å². The van der Waals surface area contributed by atoms with Gasteiger partial charge in [0.1, 0.15) is 6.20 Å². The molecule has 0 aliphatic carbocycles. The second kappa shape index (κ2) is 6.84. The van der Waals surface area contributed by atoms with E-state index in [-0.39, 0.29) is 11.5 Å². The number of aromatic nitrogens is 3. The molecule has 0 unspecified atom stereocenters. The third-order valence-corrected chi connectivity index (χ3v) is 2.88. The van der Waals surface area contributed by atoms with Crippen LogP contribution < -0.4 is 20.5 Å². The van der Waals surface area contributed by atoms with Gasteiger partial charge in [-0.15, -0.1) is 10.2 Å². The van der Waals surface area contributed by atoms with Gasteiger partial charge in [-0.3, -0.25) is 9.78 Å². The Balaban J connectivity index is 2.24. The zero-order chi connectivity index (χ0) is 15.2. The lowest BCUT2D eigenvalue weighted by Gasteiger charge is -2.10. The molecule has 8 nitrogen and oxygen atoms in total. The topological polar surface area (TPSA) is 101 Å². The predicted octanol–water partition coefficient (Wildman–Crippen LogP) is 1.39. The molecule has 0 spiro atoms. The molecule has 0 aliphatic rings. The summed E-state index contributed by atoms with van der Waals surface area (Å²) in [6, 6.07) is 3.59. The monoisotopic (exact) mass is 353 g/mol. The third-order valence-electron chi connectivity index (χ3n) is 2.42. The van der Waals surface area contributed by atoms with Gasteiger partial charge in [0.15, 0.2) is 11.5 Å². The van der Waals surface area contributed by atoms with E-state index in [0.29, 0.717) is 17.1 Å². The molecule has 0 saturated heterocycles. The van der Waals surface area contributed by atoms with Gasteiger partial charge in [0, 0.05) is 10.0 Å². The maximum absolute atomic E-state index is 11.1. The van der Waals surface area contributed by atoms with E-state index in [4.69, 9.17) is 9.47 Å². The van der Waals surface area contributed by atoms with Crippen molar-refractivity contribution in [2.75, 3.05) is 19.6 Å². The number of nitrogens with one attached hydrogen (secondary N) is 2. The van der Waals surface area contributed by atoms with E-state index in [0.717, 1.165) is 10.7 Å². The van der Waals surface area contributed by atoms with Crippen molar-refractivity contribution in [2.24, 2.45) is 5.10 Å². The van der Waals surface area contributed by atoms with Crippen LogP contribution in [0.3, 0.4) is 0 Å². The number of hydrazone groups is 1. The van der Waals surface area contributed by atoms with E-state index in [9.17, 15) is 4.79 Å². The molecule has 1 heterocycles. The molecule has 0 bridgehead atoms. The van der Waals surface area contributed by atoms with Crippen molar-refractivity contribution in [3.05, 3.63) is 38.7 Å². The van der Waals surface area contributed by atoms with Gasteiger partial charge in [-0.05, 0) is 12.1 Å². The van der Waals surface area contributed by atoms with Crippen molar-refractivity contribution in [1.82, 2.24) is 15.2 Å². The molecule has 110 valence electrons. The molecule has 0 amide bonds. The normalized spacial score (nSPS) is 10.6. The van der Waals surface area contributed by atoms with Crippen molar-refractivity contribution in [3.63, 3.8) is 0 Å². The highest BCUT2D eigenvalue weighted by Crippen LogP contribution is 2.33. The van der Waals surface area contributed by atoms with E-state index < -0.39 is 0 Å². The first-order valence-corrected chi connectivity index (χ1v) is 6.56. The lowest BCUT2D eigenvalue weighted by atomic mass is 10.2. The van der Waals surface area contributed by atoms with Crippen LogP contribution in [0.2, 0.25) is 0 Å². The molecule has 1 aromatic heterocycles. The van der Waals surface area contributed by atoms with Crippen LogP contribution in [-0.4, -0.2) is 35.6 Å². The minimum Gasteiger partial charge on any atom is -0.493 e. The number of nitrogens with zero attached hydrogens (tertiary/aromatic N) is 3. The van der Waals surface area contributed by atoms with Gasteiger partial charge in [-0.2, -0.15) is 5.10 Å². The van der Waals surface area contributed by atoms with Crippen LogP contribution in [0, 0.1) is 0 Å². The fraction of sp³-hybridized carbons (Fsp3) is 0.167. The van der Waals surface area contributed by atoms with Gasteiger partial charge >= 0.3 is 0 Å². The lowest BCUT2D eigenvalue weighted by Crippen LogP contribution is -2.10. The molecule has 0 atom stereocenters. The highest BCUT2D eigenvalue weighted by Gasteiger charge is 2.10. The average Bonchev–Trinajstić information content (AvgIpc) is 2.46. The largest absolute Gasteiger partial charge is 0.493 e. The average molecular weight is 354 g/mol. The Bertz CT molecular complexity index is 716. The Morgan fingerprint density at radius 1 is 1.38 bits per heavy atom. The number of ether oxygens (including phenoxy) is 2. The third kappa shape index (κ3) is 3.78. The van der Waals surface area contributed by atoms with Gasteiger partial charge in [0.05, 0.1) is 20.4 Å². The second-order valence-corrected chi connectivity index (χ2v) is 4.70. The Morgan fingerprint density at radius 2 is 2.19 bits per heavy atom.